The predicted octanol–water partition coefficient (Wildman–Crippen LogP) is 2.89. The Balaban J connectivity index is 2.04. The van der Waals surface area contributed by atoms with Crippen LogP contribution in [0.2, 0.25) is 0 Å². The summed E-state index contributed by atoms with van der Waals surface area (Å²) in [5, 5.41) is 11.8. The van der Waals surface area contributed by atoms with E-state index in [-0.39, 0.29) is 0 Å². The van der Waals surface area contributed by atoms with Crippen molar-refractivity contribution in [1.29, 1.82) is 5.26 Å². The molecule has 2 aromatic carbocycles. The molecule has 1 N–H and O–H groups in total. The number of benzene rings is 2. The minimum absolute atomic E-state index is 0.292. The van der Waals surface area contributed by atoms with E-state index in [0.717, 1.165) is 17.5 Å². The summed E-state index contributed by atoms with van der Waals surface area (Å²) in [5.41, 5.74) is 2.39. The normalized spacial score (nSPS) is 11.3. The van der Waals surface area contributed by atoms with E-state index in [1.807, 2.05) is 49.4 Å². The van der Waals surface area contributed by atoms with E-state index in [9.17, 15) is 14.9 Å². The van der Waals surface area contributed by atoms with Crippen molar-refractivity contribution in [1.82, 2.24) is 5.32 Å². The molecule has 23 heavy (non-hydrogen) atoms. The van der Waals surface area contributed by atoms with Crippen LogP contribution >= 0.6 is 0 Å². The molecule has 116 valence electrons. The summed E-state index contributed by atoms with van der Waals surface area (Å²) < 4.78 is 0. The Bertz CT molecular complexity index is 715. The lowest BCUT2D eigenvalue weighted by molar-refractivity contribution is -0.122. The van der Waals surface area contributed by atoms with Crippen molar-refractivity contribution in [2.75, 3.05) is 0 Å². The van der Waals surface area contributed by atoms with Crippen LogP contribution in [0.25, 0.3) is 0 Å². The minimum atomic E-state index is -1.33. The zero-order chi connectivity index (χ0) is 16.7. The molecule has 0 saturated heterocycles. The number of nitriles is 1. The molecule has 0 aliphatic carbocycles. The summed E-state index contributed by atoms with van der Waals surface area (Å²) in [6.07, 6.45) is 0.869. The lowest BCUT2D eigenvalue weighted by Gasteiger charge is -2.10. The Hall–Kier alpha value is -2.93. The van der Waals surface area contributed by atoms with Crippen molar-refractivity contribution in [2.24, 2.45) is 5.92 Å². The second-order valence-corrected chi connectivity index (χ2v) is 5.18. The summed E-state index contributed by atoms with van der Waals surface area (Å²) in [6, 6.07) is 18.1. The Kier molecular flexibility index (Phi) is 5.65. The fourth-order valence-corrected chi connectivity index (χ4v) is 2.19. The smallest absolute Gasteiger partial charge is 0.245 e. The van der Waals surface area contributed by atoms with E-state index < -0.39 is 17.6 Å². The van der Waals surface area contributed by atoms with Crippen molar-refractivity contribution in [3.05, 3.63) is 71.3 Å². The zero-order valence-corrected chi connectivity index (χ0v) is 13.0. The number of aryl methyl sites for hydroxylation is 1. The van der Waals surface area contributed by atoms with E-state index in [2.05, 4.69) is 5.32 Å². The van der Waals surface area contributed by atoms with Gasteiger partial charge in [-0.25, -0.2) is 0 Å². The Morgan fingerprint density at radius 3 is 2.26 bits per heavy atom. The van der Waals surface area contributed by atoms with Crippen LogP contribution < -0.4 is 5.32 Å². The molecule has 0 spiro atoms. The molecule has 4 heteroatoms. The maximum absolute atomic E-state index is 12.3. The highest BCUT2D eigenvalue weighted by atomic mass is 16.2. The van der Waals surface area contributed by atoms with Gasteiger partial charge in [-0.15, -0.1) is 0 Å². The van der Waals surface area contributed by atoms with Gasteiger partial charge in [0.05, 0.1) is 6.07 Å². The highest BCUT2D eigenvalue weighted by Gasteiger charge is 2.27. The summed E-state index contributed by atoms with van der Waals surface area (Å²) in [6.45, 7) is 2.31. The van der Waals surface area contributed by atoms with Crippen LogP contribution in [0.3, 0.4) is 0 Å². The van der Waals surface area contributed by atoms with Crippen LogP contribution in [-0.4, -0.2) is 11.7 Å². The molecule has 0 saturated carbocycles. The molecule has 4 nitrogen and oxygen atoms in total. The Morgan fingerprint density at radius 1 is 1.04 bits per heavy atom. The van der Waals surface area contributed by atoms with Crippen molar-refractivity contribution < 1.29 is 9.59 Å². The van der Waals surface area contributed by atoms with Gasteiger partial charge in [0, 0.05) is 12.1 Å². The molecule has 1 atom stereocenters. The molecule has 0 fully saturated rings. The molecule has 2 aromatic rings. The number of carbonyl (C=O) groups is 2. The highest BCUT2D eigenvalue weighted by molar-refractivity contribution is 6.12. The van der Waals surface area contributed by atoms with Crippen molar-refractivity contribution in [3.8, 4) is 6.07 Å². The number of nitrogens with one attached hydrogen (secondary N) is 1. The quantitative estimate of drug-likeness (QED) is 0.659. The van der Waals surface area contributed by atoms with Gasteiger partial charge < -0.3 is 5.32 Å². The number of hydrogen-bond acceptors (Lipinski definition) is 3. The summed E-state index contributed by atoms with van der Waals surface area (Å²) in [7, 11) is 0. The second-order valence-electron chi connectivity index (χ2n) is 5.18. The molecule has 0 aliphatic heterocycles. The first-order valence-electron chi connectivity index (χ1n) is 7.50. The number of ketones is 1. The Morgan fingerprint density at radius 2 is 1.70 bits per heavy atom. The lowest BCUT2D eigenvalue weighted by atomic mass is 9.97. The lowest BCUT2D eigenvalue weighted by Crippen LogP contribution is -2.34. The van der Waals surface area contributed by atoms with E-state index in [4.69, 9.17) is 0 Å². The average molecular weight is 306 g/mol. The average Bonchev–Trinajstić information content (AvgIpc) is 2.61. The molecule has 1 amide bonds. The largest absolute Gasteiger partial charge is 0.350 e. The molecule has 0 aliphatic rings. The highest BCUT2D eigenvalue weighted by Crippen LogP contribution is 2.12. The topological polar surface area (TPSA) is 70.0 Å². The third kappa shape index (κ3) is 4.27. The number of Topliss-reactive ketones (excluding diaryl/α,β-unsaturated/α-hetero) is 1. The molecular weight excluding hydrogens is 288 g/mol. The van der Waals surface area contributed by atoms with Crippen molar-refractivity contribution in [3.63, 3.8) is 0 Å². The Labute approximate surface area is 135 Å². The molecule has 0 radical (unpaired) electrons. The minimum Gasteiger partial charge on any atom is -0.350 e. The van der Waals surface area contributed by atoms with Crippen LogP contribution in [0.15, 0.2) is 54.6 Å². The van der Waals surface area contributed by atoms with Crippen LogP contribution in [0, 0.1) is 17.2 Å². The third-order valence-electron chi connectivity index (χ3n) is 3.61. The zero-order valence-electron chi connectivity index (χ0n) is 13.0. The fourth-order valence-electron chi connectivity index (χ4n) is 2.19. The first-order valence-corrected chi connectivity index (χ1v) is 7.50. The van der Waals surface area contributed by atoms with Gasteiger partial charge in [-0.05, 0) is 17.5 Å². The van der Waals surface area contributed by atoms with Crippen LogP contribution in [0.4, 0.5) is 0 Å². The van der Waals surface area contributed by atoms with Crippen LogP contribution in [0.1, 0.15) is 28.4 Å². The van der Waals surface area contributed by atoms with Gasteiger partial charge in [0.15, 0.2) is 11.7 Å². The van der Waals surface area contributed by atoms with Gasteiger partial charge in [-0.3, -0.25) is 9.59 Å². The summed E-state index contributed by atoms with van der Waals surface area (Å²) >= 11 is 0. The van der Waals surface area contributed by atoms with Gasteiger partial charge in [0.2, 0.25) is 5.91 Å². The number of rotatable bonds is 6. The molecule has 0 bridgehead atoms. The van der Waals surface area contributed by atoms with Crippen molar-refractivity contribution >= 4 is 11.7 Å². The van der Waals surface area contributed by atoms with E-state index in [1.54, 1.807) is 18.2 Å². The van der Waals surface area contributed by atoms with Gasteiger partial charge >= 0.3 is 0 Å². The van der Waals surface area contributed by atoms with E-state index >= 15 is 0 Å². The number of carbonyl (C=O) groups excluding carboxylic acids is 2. The van der Waals surface area contributed by atoms with E-state index in [0.29, 0.717) is 12.1 Å². The molecular formula is C19H18N2O2. The third-order valence-corrected chi connectivity index (χ3v) is 3.61. The van der Waals surface area contributed by atoms with Crippen molar-refractivity contribution in [2.45, 2.75) is 19.9 Å². The number of hydrogen-bond donors (Lipinski definition) is 1. The monoisotopic (exact) mass is 306 g/mol. The maximum Gasteiger partial charge on any atom is 0.245 e. The summed E-state index contributed by atoms with van der Waals surface area (Å²) in [5.74, 6) is -2.37. The van der Waals surface area contributed by atoms with Gasteiger partial charge in [-0.1, -0.05) is 61.5 Å². The summed E-state index contributed by atoms with van der Waals surface area (Å²) in [4.78, 5) is 24.5. The maximum atomic E-state index is 12.3. The first-order chi connectivity index (χ1) is 11.2. The first kappa shape index (κ1) is 16.4. The number of amides is 1. The predicted molar refractivity (Wildman–Crippen MR) is 87.5 cm³/mol. The molecule has 0 heterocycles. The van der Waals surface area contributed by atoms with Gasteiger partial charge in [0.1, 0.15) is 0 Å². The molecule has 2 rings (SSSR count). The molecule has 1 unspecified atom stereocenters. The van der Waals surface area contributed by atoms with Crippen LogP contribution in [-0.2, 0) is 17.8 Å². The van der Waals surface area contributed by atoms with Gasteiger partial charge in [-0.2, -0.15) is 5.26 Å². The van der Waals surface area contributed by atoms with E-state index in [1.165, 1.54) is 0 Å². The number of nitrogens with zero attached hydrogens (tertiary/aromatic N) is 1. The molecule has 0 aromatic heterocycles. The second kappa shape index (κ2) is 7.90. The van der Waals surface area contributed by atoms with Crippen LogP contribution in [0.5, 0.6) is 0 Å². The SMILES string of the molecule is CCc1ccc(C(=O)C(C#N)C(=O)NCc2ccccc2)cc1. The standard InChI is InChI=1S/C19H18N2O2/c1-2-14-8-10-16(11-9-14)18(22)17(12-20)19(23)21-13-15-6-4-3-5-7-15/h3-11,17H,2,13H2,1H3,(H,21,23). The fraction of sp³-hybridized carbons (Fsp3) is 0.211. The van der Waals surface area contributed by atoms with Gasteiger partial charge in [0.25, 0.3) is 0 Å².